The quantitative estimate of drug-likeness (QED) is 0.578. The summed E-state index contributed by atoms with van der Waals surface area (Å²) in [5.74, 6) is -1.53. The number of hydrogen-bond donors (Lipinski definition) is 0. The highest BCUT2D eigenvalue weighted by atomic mass is 35.6. The molecule has 0 aliphatic carbocycles. The van der Waals surface area contributed by atoms with Crippen LogP contribution in [0.2, 0.25) is 0 Å². The standard InChI is InChI=1S/C9H3Cl3FNO/c10-9(11,12)8(15)5-1-2-7(13)6(3-5)4-14/h1-3H. The highest BCUT2D eigenvalue weighted by Gasteiger charge is 2.31. The van der Waals surface area contributed by atoms with Gasteiger partial charge < -0.3 is 0 Å². The van der Waals surface area contributed by atoms with Crippen molar-refractivity contribution in [1.82, 2.24) is 0 Å². The lowest BCUT2D eigenvalue weighted by atomic mass is 10.1. The molecule has 0 unspecified atom stereocenters. The molecular formula is C9H3Cl3FNO. The lowest BCUT2D eigenvalue weighted by Gasteiger charge is -2.09. The molecule has 78 valence electrons. The molecule has 0 N–H and O–H groups in total. The van der Waals surface area contributed by atoms with E-state index >= 15 is 0 Å². The first-order chi connectivity index (χ1) is 6.86. The van der Waals surface area contributed by atoms with Crippen LogP contribution in [0, 0.1) is 17.1 Å². The van der Waals surface area contributed by atoms with Gasteiger partial charge in [0.05, 0.1) is 5.56 Å². The van der Waals surface area contributed by atoms with Crippen LogP contribution in [0.15, 0.2) is 18.2 Å². The van der Waals surface area contributed by atoms with Crippen molar-refractivity contribution in [2.24, 2.45) is 0 Å². The first-order valence-corrected chi connectivity index (χ1v) is 4.81. The SMILES string of the molecule is N#Cc1cc(C(=O)C(Cl)(Cl)Cl)ccc1F. The van der Waals surface area contributed by atoms with Gasteiger partial charge in [0.25, 0.3) is 3.79 Å². The van der Waals surface area contributed by atoms with E-state index < -0.39 is 15.4 Å². The number of halogens is 4. The Morgan fingerprint density at radius 3 is 2.47 bits per heavy atom. The molecule has 1 rings (SSSR count). The second-order valence-electron chi connectivity index (χ2n) is 2.63. The van der Waals surface area contributed by atoms with E-state index in [2.05, 4.69) is 0 Å². The highest BCUT2D eigenvalue weighted by molar-refractivity contribution is 6.77. The Labute approximate surface area is 100 Å². The zero-order chi connectivity index (χ0) is 11.6. The zero-order valence-corrected chi connectivity index (χ0v) is 9.37. The molecule has 0 heterocycles. The number of carbonyl (C=O) groups excluding carboxylic acids is 1. The van der Waals surface area contributed by atoms with Crippen LogP contribution in [0.1, 0.15) is 15.9 Å². The third kappa shape index (κ3) is 2.82. The van der Waals surface area contributed by atoms with Crippen molar-refractivity contribution in [2.45, 2.75) is 3.79 Å². The molecule has 0 saturated carbocycles. The monoisotopic (exact) mass is 265 g/mol. The molecule has 0 aromatic heterocycles. The van der Waals surface area contributed by atoms with Crippen molar-refractivity contribution < 1.29 is 9.18 Å². The molecule has 0 saturated heterocycles. The molecule has 1 aromatic rings. The van der Waals surface area contributed by atoms with Crippen molar-refractivity contribution in [3.05, 3.63) is 35.1 Å². The smallest absolute Gasteiger partial charge is 0.253 e. The minimum absolute atomic E-state index is 0.0204. The molecular weight excluding hydrogens is 263 g/mol. The Kier molecular flexibility index (Phi) is 3.56. The number of carbonyl (C=O) groups is 1. The Morgan fingerprint density at radius 1 is 1.40 bits per heavy atom. The van der Waals surface area contributed by atoms with Crippen molar-refractivity contribution in [3.8, 4) is 6.07 Å². The van der Waals surface area contributed by atoms with Crippen LogP contribution in [0.25, 0.3) is 0 Å². The van der Waals surface area contributed by atoms with E-state index in [4.69, 9.17) is 40.1 Å². The Bertz CT molecular complexity index is 448. The van der Waals surface area contributed by atoms with Crippen LogP contribution < -0.4 is 0 Å². The second kappa shape index (κ2) is 4.36. The number of benzene rings is 1. The lowest BCUT2D eigenvalue weighted by molar-refractivity contribution is 0.0996. The maximum absolute atomic E-state index is 12.9. The second-order valence-corrected chi connectivity index (χ2v) is 4.91. The summed E-state index contributed by atoms with van der Waals surface area (Å²) in [7, 11) is 0. The minimum atomic E-state index is -2.11. The maximum Gasteiger partial charge on any atom is 0.253 e. The summed E-state index contributed by atoms with van der Waals surface area (Å²) in [6.07, 6.45) is 0. The van der Waals surface area contributed by atoms with Crippen LogP contribution in [0.3, 0.4) is 0 Å². The fraction of sp³-hybridized carbons (Fsp3) is 0.111. The van der Waals surface area contributed by atoms with Crippen molar-refractivity contribution in [1.29, 1.82) is 5.26 Å². The molecule has 15 heavy (non-hydrogen) atoms. The third-order valence-corrected chi connectivity index (χ3v) is 2.12. The van der Waals surface area contributed by atoms with E-state index in [9.17, 15) is 9.18 Å². The molecule has 0 aliphatic heterocycles. The predicted molar refractivity (Wildman–Crippen MR) is 55.7 cm³/mol. The predicted octanol–water partition coefficient (Wildman–Crippen LogP) is 3.25. The van der Waals surface area contributed by atoms with Gasteiger partial charge in [0.15, 0.2) is 0 Å². The van der Waals surface area contributed by atoms with Crippen LogP contribution in [-0.4, -0.2) is 9.58 Å². The van der Waals surface area contributed by atoms with Gasteiger partial charge in [-0.1, -0.05) is 34.8 Å². The van der Waals surface area contributed by atoms with Crippen LogP contribution >= 0.6 is 34.8 Å². The van der Waals surface area contributed by atoms with Gasteiger partial charge in [0, 0.05) is 5.56 Å². The molecule has 0 amide bonds. The van der Waals surface area contributed by atoms with Crippen molar-refractivity contribution in [2.75, 3.05) is 0 Å². The fourth-order valence-electron chi connectivity index (χ4n) is 0.916. The number of ketones is 1. The van der Waals surface area contributed by atoms with Gasteiger partial charge in [-0.05, 0) is 18.2 Å². The number of alkyl halides is 3. The van der Waals surface area contributed by atoms with E-state index in [0.717, 1.165) is 18.2 Å². The highest BCUT2D eigenvalue weighted by Crippen LogP contribution is 2.30. The summed E-state index contributed by atoms with van der Waals surface area (Å²) in [6.45, 7) is 0. The summed E-state index contributed by atoms with van der Waals surface area (Å²) < 4.78 is 10.8. The van der Waals surface area contributed by atoms with Gasteiger partial charge in [0.1, 0.15) is 11.9 Å². The number of nitrogens with zero attached hydrogens (tertiary/aromatic N) is 1. The molecule has 0 atom stereocenters. The molecule has 2 nitrogen and oxygen atoms in total. The Hall–Kier alpha value is -0.820. The number of Topliss-reactive ketones (excluding diaryl/α,β-unsaturated/α-hetero) is 1. The van der Waals surface area contributed by atoms with Gasteiger partial charge in [-0.25, -0.2) is 4.39 Å². The number of hydrogen-bond acceptors (Lipinski definition) is 2. The summed E-state index contributed by atoms with van der Waals surface area (Å²) >= 11 is 16.1. The van der Waals surface area contributed by atoms with Crippen molar-refractivity contribution in [3.63, 3.8) is 0 Å². The lowest BCUT2D eigenvalue weighted by Crippen LogP contribution is -2.19. The third-order valence-electron chi connectivity index (χ3n) is 1.61. The number of nitriles is 1. The topological polar surface area (TPSA) is 40.9 Å². The normalized spacial score (nSPS) is 10.9. The summed E-state index contributed by atoms with van der Waals surface area (Å²) in [5, 5.41) is 8.53. The first kappa shape index (κ1) is 12.3. The fourth-order valence-corrected chi connectivity index (χ4v) is 1.24. The van der Waals surface area contributed by atoms with Crippen molar-refractivity contribution >= 4 is 40.6 Å². The first-order valence-electron chi connectivity index (χ1n) is 3.67. The largest absolute Gasteiger partial charge is 0.289 e. The van der Waals surface area contributed by atoms with E-state index in [-0.39, 0.29) is 11.1 Å². The summed E-state index contributed by atoms with van der Waals surface area (Å²) in [5.41, 5.74) is -0.289. The van der Waals surface area contributed by atoms with E-state index in [1.807, 2.05) is 0 Å². The molecule has 0 radical (unpaired) electrons. The molecule has 1 aromatic carbocycles. The van der Waals surface area contributed by atoms with E-state index in [0.29, 0.717) is 0 Å². The molecule has 0 spiro atoms. The molecule has 0 bridgehead atoms. The molecule has 6 heteroatoms. The number of rotatable bonds is 1. The average Bonchev–Trinajstić information content (AvgIpc) is 2.16. The van der Waals surface area contributed by atoms with Gasteiger partial charge in [-0.3, -0.25) is 4.79 Å². The van der Waals surface area contributed by atoms with Gasteiger partial charge in [0.2, 0.25) is 5.78 Å². The minimum Gasteiger partial charge on any atom is -0.289 e. The molecule has 0 fully saturated rings. The summed E-state index contributed by atoms with van der Waals surface area (Å²) in [4.78, 5) is 11.4. The Balaban J connectivity index is 3.20. The average molecular weight is 266 g/mol. The van der Waals surface area contributed by atoms with Crippen LogP contribution in [-0.2, 0) is 0 Å². The Morgan fingerprint density at radius 2 is 2.00 bits per heavy atom. The summed E-state index contributed by atoms with van der Waals surface area (Å²) in [6, 6.07) is 4.75. The molecule has 0 aliphatic rings. The van der Waals surface area contributed by atoms with E-state index in [1.54, 1.807) is 6.07 Å². The van der Waals surface area contributed by atoms with E-state index in [1.165, 1.54) is 0 Å². The van der Waals surface area contributed by atoms with Crippen LogP contribution in [0.4, 0.5) is 4.39 Å². The van der Waals surface area contributed by atoms with Gasteiger partial charge in [-0.2, -0.15) is 5.26 Å². The zero-order valence-electron chi connectivity index (χ0n) is 7.10. The van der Waals surface area contributed by atoms with Gasteiger partial charge in [-0.15, -0.1) is 0 Å². The van der Waals surface area contributed by atoms with Gasteiger partial charge >= 0.3 is 0 Å². The van der Waals surface area contributed by atoms with Crippen LogP contribution in [0.5, 0.6) is 0 Å². The maximum atomic E-state index is 12.9.